The largest absolute Gasteiger partial charge is 0.493 e. The SMILES string of the molecule is COc1cc2c(cc1OC)C(c1ccc(C(C)(C)C)cc1)OCC2. The molecule has 1 aliphatic rings. The number of hydrogen-bond acceptors (Lipinski definition) is 3. The topological polar surface area (TPSA) is 27.7 Å². The van der Waals surface area contributed by atoms with E-state index in [2.05, 4.69) is 57.2 Å². The Balaban J connectivity index is 2.00. The molecule has 128 valence electrons. The zero-order valence-corrected chi connectivity index (χ0v) is 15.2. The summed E-state index contributed by atoms with van der Waals surface area (Å²) in [5.74, 6) is 1.53. The van der Waals surface area contributed by atoms with Gasteiger partial charge in [-0.25, -0.2) is 0 Å². The normalized spacial score (nSPS) is 17.3. The number of methoxy groups -OCH3 is 2. The van der Waals surface area contributed by atoms with E-state index in [1.165, 1.54) is 22.3 Å². The van der Waals surface area contributed by atoms with Gasteiger partial charge in [0.25, 0.3) is 0 Å². The molecule has 1 heterocycles. The molecule has 0 saturated carbocycles. The molecule has 1 unspecified atom stereocenters. The van der Waals surface area contributed by atoms with Crippen LogP contribution >= 0.6 is 0 Å². The van der Waals surface area contributed by atoms with E-state index in [-0.39, 0.29) is 11.5 Å². The number of hydrogen-bond donors (Lipinski definition) is 0. The maximum absolute atomic E-state index is 6.09. The van der Waals surface area contributed by atoms with Crippen molar-refractivity contribution in [1.29, 1.82) is 0 Å². The molecular formula is C21H26O3. The van der Waals surface area contributed by atoms with Crippen molar-refractivity contribution in [2.24, 2.45) is 0 Å². The van der Waals surface area contributed by atoms with Gasteiger partial charge >= 0.3 is 0 Å². The van der Waals surface area contributed by atoms with Crippen molar-refractivity contribution >= 4 is 0 Å². The van der Waals surface area contributed by atoms with E-state index in [1.807, 2.05) is 0 Å². The van der Waals surface area contributed by atoms with E-state index < -0.39 is 0 Å². The van der Waals surface area contributed by atoms with Crippen LogP contribution in [0.4, 0.5) is 0 Å². The first-order valence-electron chi connectivity index (χ1n) is 8.41. The van der Waals surface area contributed by atoms with Crippen molar-refractivity contribution in [3.05, 3.63) is 58.7 Å². The van der Waals surface area contributed by atoms with Crippen LogP contribution in [0.5, 0.6) is 11.5 Å². The number of ether oxygens (including phenoxy) is 3. The lowest BCUT2D eigenvalue weighted by atomic mass is 9.85. The molecule has 1 atom stereocenters. The van der Waals surface area contributed by atoms with Gasteiger partial charge in [0, 0.05) is 0 Å². The van der Waals surface area contributed by atoms with Gasteiger partial charge in [-0.3, -0.25) is 0 Å². The van der Waals surface area contributed by atoms with Crippen LogP contribution in [0.25, 0.3) is 0 Å². The van der Waals surface area contributed by atoms with Crippen LogP contribution < -0.4 is 9.47 Å². The fourth-order valence-corrected chi connectivity index (χ4v) is 3.21. The number of rotatable bonds is 3. The summed E-state index contributed by atoms with van der Waals surface area (Å²) < 4.78 is 17.0. The third-order valence-electron chi connectivity index (χ3n) is 4.66. The van der Waals surface area contributed by atoms with Gasteiger partial charge in [0.05, 0.1) is 20.8 Å². The maximum atomic E-state index is 6.09. The summed E-state index contributed by atoms with van der Waals surface area (Å²) in [6, 6.07) is 12.9. The molecule has 0 bridgehead atoms. The third-order valence-corrected chi connectivity index (χ3v) is 4.66. The van der Waals surface area contributed by atoms with Gasteiger partial charge in [-0.2, -0.15) is 0 Å². The zero-order chi connectivity index (χ0) is 17.3. The van der Waals surface area contributed by atoms with E-state index in [4.69, 9.17) is 14.2 Å². The molecule has 0 spiro atoms. The third kappa shape index (κ3) is 3.13. The quantitative estimate of drug-likeness (QED) is 0.821. The highest BCUT2D eigenvalue weighted by atomic mass is 16.5. The molecule has 2 aromatic rings. The Hall–Kier alpha value is -2.00. The molecule has 3 rings (SSSR count). The molecule has 24 heavy (non-hydrogen) atoms. The fraction of sp³-hybridized carbons (Fsp3) is 0.429. The molecule has 0 amide bonds. The Morgan fingerprint density at radius 1 is 0.958 bits per heavy atom. The molecule has 0 saturated heterocycles. The molecule has 0 aromatic heterocycles. The van der Waals surface area contributed by atoms with E-state index in [9.17, 15) is 0 Å². The predicted molar refractivity (Wildman–Crippen MR) is 96.2 cm³/mol. The van der Waals surface area contributed by atoms with Crippen molar-refractivity contribution in [3.63, 3.8) is 0 Å². The molecule has 0 N–H and O–H groups in total. The number of benzene rings is 2. The second-order valence-corrected chi connectivity index (χ2v) is 7.28. The van der Waals surface area contributed by atoms with Crippen LogP contribution in [0.3, 0.4) is 0 Å². The van der Waals surface area contributed by atoms with Crippen molar-refractivity contribution in [2.45, 2.75) is 38.7 Å². The lowest BCUT2D eigenvalue weighted by Gasteiger charge is -2.28. The molecular weight excluding hydrogens is 300 g/mol. The van der Waals surface area contributed by atoms with Crippen LogP contribution in [-0.4, -0.2) is 20.8 Å². The van der Waals surface area contributed by atoms with Gasteiger partial charge in [0.1, 0.15) is 6.10 Å². The molecule has 0 fully saturated rings. The lowest BCUT2D eigenvalue weighted by molar-refractivity contribution is 0.0695. The van der Waals surface area contributed by atoms with Gasteiger partial charge in [0.2, 0.25) is 0 Å². The van der Waals surface area contributed by atoms with Gasteiger partial charge < -0.3 is 14.2 Å². The Kier molecular flexibility index (Phi) is 4.55. The second kappa shape index (κ2) is 6.48. The average molecular weight is 326 g/mol. The summed E-state index contributed by atoms with van der Waals surface area (Å²) in [5.41, 5.74) is 5.09. The van der Waals surface area contributed by atoms with Crippen LogP contribution in [0.15, 0.2) is 36.4 Å². The van der Waals surface area contributed by atoms with Gasteiger partial charge in [0.15, 0.2) is 11.5 Å². The lowest BCUT2D eigenvalue weighted by Crippen LogP contribution is -2.18. The zero-order valence-electron chi connectivity index (χ0n) is 15.2. The highest BCUT2D eigenvalue weighted by Crippen LogP contribution is 2.39. The van der Waals surface area contributed by atoms with Crippen molar-refractivity contribution in [3.8, 4) is 11.5 Å². The smallest absolute Gasteiger partial charge is 0.161 e. The highest BCUT2D eigenvalue weighted by Gasteiger charge is 2.25. The minimum Gasteiger partial charge on any atom is -0.493 e. The Bertz CT molecular complexity index is 711. The van der Waals surface area contributed by atoms with Crippen molar-refractivity contribution in [1.82, 2.24) is 0 Å². The van der Waals surface area contributed by atoms with E-state index >= 15 is 0 Å². The summed E-state index contributed by atoms with van der Waals surface area (Å²) in [7, 11) is 3.34. The van der Waals surface area contributed by atoms with E-state index in [1.54, 1.807) is 14.2 Å². The van der Waals surface area contributed by atoms with Crippen molar-refractivity contribution < 1.29 is 14.2 Å². The Morgan fingerprint density at radius 3 is 2.17 bits per heavy atom. The molecule has 0 radical (unpaired) electrons. The Labute approximate surface area is 144 Å². The average Bonchev–Trinajstić information content (AvgIpc) is 2.59. The van der Waals surface area contributed by atoms with Crippen LogP contribution in [0, 0.1) is 0 Å². The summed E-state index contributed by atoms with van der Waals surface area (Å²) in [5, 5.41) is 0. The van der Waals surface area contributed by atoms with E-state index in [0.29, 0.717) is 6.61 Å². The standard InChI is InChI=1S/C21H26O3/c1-21(2,3)16-8-6-14(7-9-16)20-17-13-19(23-5)18(22-4)12-15(17)10-11-24-20/h6-9,12-13,20H,10-11H2,1-5H3. The van der Waals surface area contributed by atoms with Gasteiger partial charge in [-0.15, -0.1) is 0 Å². The summed E-state index contributed by atoms with van der Waals surface area (Å²) in [6.45, 7) is 7.40. The molecule has 0 aliphatic carbocycles. The molecule has 3 heteroatoms. The van der Waals surface area contributed by atoms with Gasteiger partial charge in [-0.1, -0.05) is 45.0 Å². The first-order chi connectivity index (χ1) is 11.4. The van der Waals surface area contributed by atoms with E-state index in [0.717, 1.165) is 17.9 Å². The molecule has 2 aromatic carbocycles. The van der Waals surface area contributed by atoms with Crippen LogP contribution in [0.1, 0.15) is 49.1 Å². The first kappa shape index (κ1) is 16.8. The first-order valence-corrected chi connectivity index (χ1v) is 8.41. The minimum absolute atomic E-state index is 0.0532. The van der Waals surface area contributed by atoms with Crippen LogP contribution in [0.2, 0.25) is 0 Å². The monoisotopic (exact) mass is 326 g/mol. The van der Waals surface area contributed by atoms with Crippen molar-refractivity contribution in [2.75, 3.05) is 20.8 Å². The predicted octanol–water partition coefficient (Wildman–Crippen LogP) is 4.66. The summed E-state index contributed by atoms with van der Waals surface area (Å²) in [4.78, 5) is 0. The molecule has 1 aliphatic heterocycles. The minimum atomic E-state index is -0.0532. The van der Waals surface area contributed by atoms with Gasteiger partial charge in [-0.05, 0) is 46.2 Å². The molecule has 3 nitrogen and oxygen atoms in total. The number of fused-ring (bicyclic) bond motifs is 1. The highest BCUT2D eigenvalue weighted by molar-refractivity contribution is 5.51. The fourth-order valence-electron chi connectivity index (χ4n) is 3.21. The second-order valence-electron chi connectivity index (χ2n) is 7.28. The summed E-state index contributed by atoms with van der Waals surface area (Å²) >= 11 is 0. The van der Waals surface area contributed by atoms with Crippen LogP contribution in [-0.2, 0) is 16.6 Å². The Morgan fingerprint density at radius 2 is 1.58 bits per heavy atom. The maximum Gasteiger partial charge on any atom is 0.161 e. The summed E-state index contributed by atoms with van der Waals surface area (Å²) in [6.07, 6.45) is 0.842.